The van der Waals surface area contributed by atoms with E-state index in [0.29, 0.717) is 31.9 Å². The van der Waals surface area contributed by atoms with Crippen molar-refractivity contribution in [2.24, 2.45) is 0 Å². The number of rotatable bonds is 5. The zero-order chi connectivity index (χ0) is 19.9. The molecule has 1 aliphatic heterocycles. The van der Waals surface area contributed by atoms with Crippen molar-refractivity contribution >= 4 is 23.6 Å². The Hall–Kier alpha value is -2.99. The molecule has 0 aliphatic carbocycles. The van der Waals surface area contributed by atoms with Crippen molar-refractivity contribution < 1.29 is 14.0 Å². The molecule has 1 saturated heterocycles. The number of anilines is 1. The molecule has 0 radical (unpaired) electrons. The first-order chi connectivity index (χ1) is 13.5. The highest BCUT2D eigenvalue weighted by molar-refractivity contribution is 5.93. The maximum atomic E-state index is 12.9. The van der Waals surface area contributed by atoms with E-state index in [1.165, 1.54) is 24.3 Å². The van der Waals surface area contributed by atoms with Crippen LogP contribution in [0.15, 0.2) is 54.6 Å². The molecule has 5 nitrogen and oxygen atoms in total. The van der Waals surface area contributed by atoms with Gasteiger partial charge in [-0.2, -0.15) is 0 Å². The summed E-state index contributed by atoms with van der Waals surface area (Å²) in [6.45, 7) is 4.71. The second kappa shape index (κ2) is 9.28. The normalized spacial score (nSPS) is 15.0. The van der Waals surface area contributed by atoms with Gasteiger partial charge in [0.05, 0.1) is 6.54 Å². The van der Waals surface area contributed by atoms with Gasteiger partial charge in [-0.1, -0.05) is 24.3 Å². The van der Waals surface area contributed by atoms with Crippen LogP contribution in [0.5, 0.6) is 0 Å². The fourth-order valence-corrected chi connectivity index (χ4v) is 3.10. The van der Waals surface area contributed by atoms with Crippen LogP contribution >= 0.6 is 0 Å². The number of carbonyl (C=O) groups is 2. The van der Waals surface area contributed by atoms with Gasteiger partial charge >= 0.3 is 0 Å². The van der Waals surface area contributed by atoms with Crippen molar-refractivity contribution in [3.05, 3.63) is 71.6 Å². The first kappa shape index (κ1) is 19.8. The summed E-state index contributed by atoms with van der Waals surface area (Å²) < 4.78 is 12.9. The highest BCUT2D eigenvalue weighted by Crippen LogP contribution is 2.11. The van der Waals surface area contributed by atoms with E-state index in [4.69, 9.17) is 0 Å². The number of nitrogens with zero attached hydrogens (tertiary/aromatic N) is 2. The van der Waals surface area contributed by atoms with Crippen molar-refractivity contribution in [1.82, 2.24) is 9.80 Å². The third-order valence-electron chi connectivity index (χ3n) is 4.77. The van der Waals surface area contributed by atoms with Crippen molar-refractivity contribution in [3.8, 4) is 0 Å². The molecule has 0 aromatic heterocycles. The zero-order valence-electron chi connectivity index (χ0n) is 15.9. The van der Waals surface area contributed by atoms with Gasteiger partial charge in [-0.15, -0.1) is 0 Å². The van der Waals surface area contributed by atoms with Crippen LogP contribution in [-0.2, 0) is 9.59 Å². The Bertz CT molecular complexity index is 856. The molecule has 0 unspecified atom stereocenters. The average molecular weight is 381 g/mol. The summed E-state index contributed by atoms with van der Waals surface area (Å²) in [5, 5.41) is 2.76. The molecule has 1 aliphatic rings. The van der Waals surface area contributed by atoms with Crippen LogP contribution in [0.3, 0.4) is 0 Å². The third-order valence-corrected chi connectivity index (χ3v) is 4.77. The number of carbonyl (C=O) groups excluding carboxylic acids is 2. The minimum Gasteiger partial charge on any atom is -0.337 e. The first-order valence-electron chi connectivity index (χ1n) is 9.31. The molecular weight excluding hydrogens is 357 g/mol. The SMILES string of the molecule is Cc1ccccc1/C=C/C(=O)N1CCN(CC(=O)Nc2ccc(F)cc2)CC1. The summed E-state index contributed by atoms with van der Waals surface area (Å²) in [5.41, 5.74) is 2.73. The molecule has 146 valence electrons. The van der Waals surface area contributed by atoms with E-state index in [1.807, 2.05) is 42.2 Å². The molecule has 1 heterocycles. The first-order valence-corrected chi connectivity index (χ1v) is 9.31. The number of halogens is 1. The second-order valence-corrected chi connectivity index (χ2v) is 6.85. The van der Waals surface area contributed by atoms with Crippen molar-refractivity contribution in [2.75, 3.05) is 38.0 Å². The Morgan fingerprint density at radius 3 is 2.39 bits per heavy atom. The van der Waals surface area contributed by atoms with Crippen LogP contribution in [0.1, 0.15) is 11.1 Å². The largest absolute Gasteiger partial charge is 0.337 e. The molecule has 0 bridgehead atoms. The summed E-state index contributed by atoms with van der Waals surface area (Å²) in [7, 11) is 0. The number of benzene rings is 2. The van der Waals surface area contributed by atoms with E-state index in [9.17, 15) is 14.0 Å². The quantitative estimate of drug-likeness (QED) is 0.811. The van der Waals surface area contributed by atoms with Crippen LogP contribution in [0.25, 0.3) is 6.08 Å². The van der Waals surface area contributed by atoms with Gasteiger partial charge in [0.25, 0.3) is 0 Å². The lowest BCUT2D eigenvalue weighted by Crippen LogP contribution is -2.50. The average Bonchev–Trinajstić information content (AvgIpc) is 2.69. The molecule has 0 saturated carbocycles. The van der Waals surface area contributed by atoms with Crippen molar-refractivity contribution in [2.45, 2.75) is 6.92 Å². The fraction of sp³-hybridized carbons (Fsp3) is 0.273. The van der Waals surface area contributed by atoms with Crippen LogP contribution in [0.2, 0.25) is 0 Å². The Kier molecular flexibility index (Phi) is 6.55. The fourth-order valence-electron chi connectivity index (χ4n) is 3.10. The van der Waals surface area contributed by atoms with Gasteiger partial charge in [-0.05, 0) is 48.4 Å². The Morgan fingerprint density at radius 1 is 1.04 bits per heavy atom. The molecule has 1 fully saturated rings. The van der Waals surface area contributed by atoms with E-state index in [1.54, 1.807) is 11.0 Å². The monoisotopic (exact) mass is 381 g/mol. The standard InChI is InChI=1S/C22H24FN3O2/c1-17-4-2-3-5-18(17)6-11-22(28)26-14-12-25(13-15-26)16-21(27)24-20-9-7-19(23)8-10-20/h2-11H,12-16H2,1H3,(H,24,27)/b11-6+. The maximum absolute atomic E-state index is 12.9. The number of hydrogen-bond donors (Lipinski definition) is 1. The van der Waals surface area contributed by atoms with Crippen LogP contribution in [-0.4, -0.2) is 54.3 Å². The number of piperazine rings is 1. The highest BCUT2D eigenvalue weighted by Gasteiger charge is 2.21. The summed E-state index contributed by atoms with van der Waals surface area (Å²) in [5.74, 6) is -0.500. The third kappa shape index (κ3) is 5.50. The van der Waals surface area contributed by atoms with Gasteiger partial charge in [0.1, 0.15) is 5.82 Å². The highest BCUT2D eigenvalue weighted by atomic mass is 19.1. The van der Waals surface area contributed by atoms with E-state index in [2.05, 4.69) is 5.32 Å². The number of nitrogens with one attached hydrogen (secondary N) is 1. The number of hydrogen-bond acceptors (Lipinski definition) is 3. The lowest BCUT2D eigenvalue weighted by atomic mass is 10.1. The lowest BCUT2D eigenvalue weighted by Gasteiger charge is -2.33. The molecule has 2 amide bonds. The predicted octanol–water partition coefficient (Wildman–Crippen LogP) is 2.93. The molecule has 2 aromatic rings. The van der Waals surface area contributed by atoms with Gasteiger partial charge in [-0.25, -0.2) is 4.39 Å². The summed E-state index contributed by atoms with van der Waals surface area (Å²) in [6.07, 6.45) is 3.46. The minimum atomic E-state index is -0.338. The Balaban J connectivity index is 1.45. The van der Waals surface area contributed by atoms with Crippen molar-refractivity contribution in [3.63, 3.8) is 0 Å². The van der Waals surface area contributed by atoms with Gasteiger partial charge in [0, 0.05) is 37.9 Å². The topological polar surface area (TPSA) is 52.7 Å². The lowest BCUT2D eigenvalue weighted by molar-refractivity contribution is -0.127. The molecular formula is C22H24FN3O2. The minimum absolute atomic E-state index is 0.0151. The summed E-state index contributed by atoms with van der Waals surface area (Å²) in [4.78, 5) is 28.3. The van der Waals surface area contributed by atoms with Crippen LogP contribution < -0.4 is 5.32 Å². The predicted molar refractivity (Wildman–Crippen MR) is 108 cm³/mol. The zero-order valence-corrected chi connectivity index (χ0v) is 15.9. The number of aryl methyl sites for hydroxylation is 1. The van der Waals surface area contributed by atoms with Gasteiger partial charge in [0.15, 0.2) is 0 Å². The molecule has 3 rings (SSSR count). The van der Waals surface area contributed by atoms with E-state index in [-0.39, 0.29) is 24.2 Å². The smallest absolute Gasteiger partial charge is 0.246 e. The van der Waals surface area contributed by atoms with E-state index < -0.39 is 0 Å². The van der Waals surface area contributed by atoms with E-state index >= 15 is 0 Å². The number of amides is 2. The second-order valence-electron chi connectivity index (χ2n) is 6.85. The summed E-state index contributed by atoms with van der Waals surface area (Å²) >= 11 is 0. The molecule has 6 heteroatoms. The maximum Gasteiger partial charge on any atom is 0.246 e. The van der Waals surface area contributed by atoms with Gasteiger partial charge in [0.2, 0.25) is 11.8 Å². The Labute approximate surface area is 164 Å². The molecule has 1 N–H and O–H groups in total. The summed E-state index contributed by atoms with van der Waals surface area (Å²) in [6, 6.07) is 13.6. The molecule has 0 atom stereocenters. The molecule has 2 aromatic carbocycles. The van der Waals surface area contributed by atoms with Crippen LogP contribution in [0.4, 0.5) is 10.1 Å². The van der Waals surface area contributed by atoms with Gasteiger partial charge in [-0.3, -0.25) is 14.5 Å². The Morgan fingerprint density at radius 2 is 1.71 bits per heavy atom. The molecule has 28 heavy (non-hydrogen) atoms. The van der Waals surface area contributed by atoms with E-state index in [0.717, 1.165) is 11.1 Å². The molecule has 0 spiro atoms. The van der Waals surface area contributed by atoms with Crippen molar-refractivity contribution in [1.29, 1.82) is 0 Å². The van der Waals surface area contributed by atoms with Crippen LogP contribution in [0, 0.1) is 12.7 Å². The van der Waals surface area contributed by atoms with Gasteiger partial charge < -0.3 is 10.2 Å².